The molecule has 0 spiro atoms. The second kappa shape index (κ2) is 7.45. The molecule has 2 aromatic rings. The Balaban J connectivity index is 1.47. The van der Waals surface area contributed by atoms with E-state index in [4.69, 9.17) is 5.73 Å². The Bertz CT molecular complexity index is 699. The molecule has 1 unspecified atom stereocenters. The van der Waals surface area contributed by atoms with Gasteiger partial charge in [-0.15, -0.1) is 0 Å². The Morgan fingerprint density at radius 1 is 1.29 bits per heavy atom. The lowest BCUT2D eigenvalue weighted by Crippen LogP contribution is -2.23. The highest BCUT2D eigenvalue weighted by atomic mass is 16.1. The topological polar surface area (TPSA) is 71.2 Å². The quantitative estimate of drug-likeness (QED) is 0.856. The third-order valence-corrected chi connectivity index (χ3v) is 4.47. The number of nitrogens with one attached hydrogen (secondary N) is 1. The maximum Gasteiger partial charge on any atom is 0.248 e. The molecule has 1 aromatic carbocycles. The summed E-state index contributed by atoms with van der Waals surface area (Å²) in [5, 5.41) is 3.44. The minimum atomic E-state index is -0.376. The first-order valence-corrected chi connectivity index (χ1v) is 8.39. The largest absolute Gasteiger partial charge is 0.370 e. The predicted molar refractivity (Wildman–Crippen MR) is 95.8 cm³/mol. The minimum Gasteiger partial charge on any atom is -0.370 e. The van der Waals surface area contributed by atoms with E-state index in [1.165, 1.54) is 12.0 Å². The molecule has 0 saturated carbocycles. The highest BCUT2D eigenvalue weighted by Gasteiger charge is 2.22. The van der Waals surface area contributed by atoms with Crippen molar-refractivity contribution in [1.82, 2.24) is 9.88 Å². The van der Waals surface area contributed by atoms with Gasteiger partial charge in [-0.25, -0.2) is 4.98 Å². The van der Waals surface area contributed by atoms with E-state index in [9.17, 15) is 4.79 Å². The van der Waals surface area contributed by atoms with E-state index in [2.05, 4.69) is 15.2 Å². The zero-order valence-corrected chi connectivity index (χ0v) is 14.0. The summed E-state index contributed by atoms with van der Waals surface area (Å²) in [6.45, 7) is 6.05. The standard InChI is InChI=1S/C19H24N4O/c1-14-3-2-4-18(22-14)21-11-16-9-10-23(13-16)12-15-5-7-17(8-6-15)19(20)24/h2-8,16H,9-13H2,1H3,(H2,20,24)(H,21,22). The van der Waals surface area contributed by atoms with Gasteiger partial charge in [-0.2, -0.15) is 0 Å². The van der Waals surface area contributed by atoms with Crippen LogP contribution in [0.2, 0.25) is 0 Å². The van der Waals surface area contributed by atoms with Crippen LogP contribution in [0, 0.1) is 12.8 Å². The molecule has 5 nitrogen and oxygen atoms in total. The molecule has 126 valence electrons. The zero-order chi connectivity index (χ0) is 16.9. The molecule has 0 aliphatic carbocycles. The number of carbonyl (C=O) groups is 1. The van der Waals surface area contributed by atoms with Crippen LogP contribution >= 0.6 is 0 Å². The van der Waals surface area contributed by atoms with Gasteiger partial charge in [0.15, 0.2) is 0 Å². The van der Waals surface area contributed by atoms with Gasteiger partial charge in [0.1, 0.15) is 5.82 Å². The second-order valence-corrected chi connectivity index (χ2v) is 6.50. The van der Waals surface area contributed by atoms with E-state index in [0.29, 0.717) is 11.5 Å². The number of nitrogens with two attached hydrogens (primary N) is 1. The van der Waals surface area contributed by atoms with Gasteiger partial charge in [0.25, 0.3) is 0 Å². The van der Waals surface area contributed by atoms with Gasteiger partial charge in [0.2, 0.25) is 5.91 Å². The molecule has 1 aliphatic heterocycles. The van der Waals surface area contributed by atoms with Crippen LogP contribution in [0.4, 0.5) is 5.82 Å². The lowest BCUT2D eigenvalue weighted by atomic mass is 10.1. The van der Waals surface area contributed by atoms with E-state index in [1.54, 1.807) is 12.1 Å². The number of hydrogen-bond acceptors (Lipinski definition) is 4. The lowest BCUT2D eigenvalue weighted by molar-refractivity contribution is 0.100. The van der Waals surface area contributed by atoms with Crippen molar-refractivity contribution in [2.24, 2.45) is 11.7 Å². The molecule has 1 saturated heterocycles. The van der Waals surface area contributed by atoms with Crippen LogP contribution in [-0.2, 0) is 6.54 Å². The summed E-state index contributed by atoms with van der Waals surface area (Å²) >= 11 is 0. The van der Waals surface area contributed by atoms with Crippen molar-refractivity contribution in [2.75, 3.05) is 25.0 Å². The number of amides is 1. The summed E-state index contributed by atoms with van der Waals surface area (Å²) in [5.41, 5.74) is 8.09. The molecule has 2 heterocycles. The number of likely N-dealkylation sites (tertiary alicyclic amines) is 1. The Kier molecular flexibility index (Phi) is 5.11. The first-order chi connectivity index (χ1) is 11.6. The number of anilines is 1. The molecule has 1 aliphatic rings. The number of aromatic nitrogens is 1. The molecular formula is C19H24N4O. The fourth-order valence-electron chi connectivity index (χ4n) is 3.15. The summed E-state index contributed by atoms with van der Waals surface area (Å²) in [6, 6.07) is 13.6. The van der Waals surface area contributed by atoms with Gasteiger partial charge in [0.05, 0.1) is 0 Å². The predicted octanol–water partition coefficient (Wildman–Crippen LogP) is 2.42. The first kappa shape index (κ1) is 16.5. The van der Waals surface area contributed by atoms with Crippen molar-refractivity contribution in [3.8, 4) is 0 Å². The van der Waals surface area contributed by atoms with Crippen LogP contribution in [-0.4, -0.2) is 35.4 Å². The van der Waals surface area contributed by atoms with Gasteiger partial charge in [0, 0.05) is 30.9 Å². The first-order valence-electron chi connectivity index (χ1n) is 8.39. The number of primary amides is 1. The van der Waals surface area contributed by atoms with Crippen LogP contribution in [0.5, 0.6) is 0 Å². The molecule has 3 rings (SSSR count). The molecule has 1 atom stereocenters. The van der Waals surface area contributed by atoms with Crippen LogP contribution in [0.25, 0.3) is 0 Å². The molecule has 0 radical (unpaired) electrons. The average molecular weight is 324 g/mol. The number of pyridine rings is 1. The van der Waals surface area contributed by atoms with Gasteiger partial charge in [-0.05, 0) is 55.6 Å². The van der Waals surface area contributed by atoms with Crippen LogP contribution in [0.15, 0.2) is 42.5 Å². The number of hydrogen-bond donors (Lipinski definition) is 2. The Morgan fingerprint density at radius 2 is 2.08 bits per heavy atom. The molecule has 3 N–H and O–H groups in total. The zero-order valence-electron chi connectivity index (χ0n) is 14.0. The maximum absolute atomic E-state index is 11.1. The van der Waals surface area contributed by atoms with Gasteiger partial charge >= 0.3 is 0 Å². The monoisotopic (exact) mass is 324 g/mol. The molecule has 1 aromatic heterocycles. The van der Waals surface area contributed by atoms with Crippen molar-refractivity contribution in [2.45, 2.75) is 19.9 Å². The number of benzene rings is 1. The lowest BCUT2D eigenvalue weighted by Gasteiger charge is -2.17. The smallest absolute Gasteiger partial charge is 0.248 e. The van der Waals surface area contributed by atoms with Crippen LogP contribution < -0.4 is 11.1 Å². The van der Waals surface area contributed by atoms with E-state index >= 15 is 0 Å². The van der Waals surface area contributed by atoms with Crippen molar-refractivity contribution < 1.29 is 4.79 Å². The third kappa shape index (κ3) is 4.32. The SMILES string of the molecule is Cc1cccc(NCC2CCN(Cc3ccc(C(N)=O)cc3)C2)n1. The van der Waals surface area contributed by atoms with Crippen molar-refractivity contribution in [1.29, 1.82) is 0 Å². The van der Waals surface area contributed by atoms with Crippen molar-refractivity contribution in [3.63, 3.8) is 0 Å². The Hall–Kier alpha value is -2.40. The highest BCUT2D eigenvalue weighted by Crippen LogP contribution is 2.19. The van der Waals surface area contributed by atoms with E-state index < -0.39 is 0 Å². The van der Waals surface area contributed by atoms with E-state index in [0.717, 1.165) is 37.7 Å². The second-order valence-electron chi connectivity index (χ2n) is 6.50. The molecule has 1 amide bonds. The molecular weight excluding hydrogens is 300 g/mol. The average Bonchev–Trinajstić information content (AvgIpc) is 3.01. The normalized spacial score (nSPS) is 17.8. The fourth-order valence-corrected chi connectivity index (χ4v) is 3.15. The van der Waals surface area contributed by atoms with E-state index in [-0.39, 0.29) is 5.91 Å². The van der Waals surface area contributed by atoms with Gasteiger partial charge in [-0.3, -0.25) is 9.69 Å². The number of rotatable bonds is 6. The van der Waals surface area contributed by atoms with Crippen molar-refractivity contribution >= 4 is 11.7 Å². The van der Waals surface area contributed by atoms with Crippen LogP contribution in [0.3, 0.4) is 0 Å². The maximum atomic E-state index is 11.1. The summed E-state index contributed by atoms with van der Waals surface area (Å²) in [5.74, 6) is 1.21. The summed E-state index contributed by atoms with van der Waals surface area (Å²) < 4.78 is 0. The van der Waals surface area contributed by atoms with Gasteiger partial charge in [-0.1, -0.05) is 18.2 Å². The summed E-state index contributed by atoms with van der Waals surface area (Å²) in [6.07, 6.45) is 1.19. The molecule has 5 heteroatoms. The summed E-state index contributed by atoms with van der Waals surface area (Å²) in [4.78, 5) is 18.0. The molecule has 24 heavy (non-hydrogen) atoms. The van der Waals surface area contributed by atoms with Gasteiger partial charge < -0.3 is 11.1 Å². The van der Waals surface area contributed by atoms with E-state index in [1.807, 2.05) is 37.3 Å². The third-order valence-electron chi connectivity index (χ3n) is 4.47. The molecule has 0 bridgehead atoms. The fraction of sp³-hybridized carbons (Fsp3) is 0.368. The molecule has 1 fully saturated rings. The number of nitrogens with zero attached hydrogens (tertiary/aromatic N) is 2. The summed E-state index contributed by atoms with van der Waals surface area (Å²) in [7, 11) is 0. The Labute approximate surface area is 142 Å². The minimum absolute atomic E-state index is 0.376. The number of aryl methyl sites for hydroxylation is 1. The highest BCUT2D eigenvalue weighted by molar-refractivity contribution is 5.92. The Morgan fingerprint density at radius 3 is 2.79 bits per heavy atom. The number of carbonyl (C=O) groups excluding carboxylic acids is 1. The van der Waals surface area contributed by atoms with Crippen LogP contribution in [0.1, 0.15) is 28.0 Å². The van der Waals surface area contributed by atoms with Crippen molar-refractivity contribution in [3.05, 3.63) is 59.3 Å².